The van der Waals surface area contributed by atoms with Gasteiger partial charge in [-0.05, 0) is 48.0 Å². The van der Waals surface area contributed by atoms with E-state index in [0.29, 0.717) is 9.93 Å². The summed E-state index contributed by atoms with van der Waals surface area (Å²) in [6, 6.07) is 15.0. The van der Waals surface area contributed by atoms with Crippen LogP contribution in [-0.2, 0) is 0 Å². The van der Waals surface area contributed by atoms with E-state index in [0.717, 1.165) is 40.8 Å². The van der Waals surface area contributed by atoms with Crippen LogP contribution < -0.4 is 9.47 Å². The molecule has 0 amide bonds. The molecule has 2 aromatic rings. The van der Waals surface area contributed by atoms with E-state index in [1.807, 2.05) is 24.3 Å². The minimum atomic E-state index is 0.464. The normalized spacial score (nSPS) is 11.2. The van der Waals surface area contributed by atoms with Crippen LogP contribution in [0.2, 0.25) is 0 Å². The van der Waals surface area contributed by atoms with Crippen molar-refractivity contribution in [2.24, 2.45) is 0 Å². The van der Waals surface area contributed by atoms with Crippen molar-refractivity contribution in [1.29, 1.82) is 5.26 Å². The van der Waals surface area contributed by atoms with Gasteiger partial charge in [0.2, 0.25) is 0 Å². The van der Waals surface area contributed by atoms with Crippen molar-refractivity contribution in [1.82, 2.24) is 0 Å². The lowest BCUT2D eigenvalue weighted by Crippen LogP contribution is -2.27. The first kappa shape index (κ1) is 20.9. The molecule has 27 heavy (non-hydrogen) atoms. The third-order valence-electron chi connectivity index (χ3n) is 4.06. The fourth-order valence-electron chi connectivity index (χ4n) is 2.57. The molecule has 0 aliphatic rings. The fourth-order valence-corrected chi connectivity index (χ4v) is 3.34. The monoisotopic (exact) mass is 382 g/mol. The number of hydrogen-bond donors (Lipinski definition) is 0. The van der Waals surface area contributed by atoms with E-state index < -0.39 is 0 Å². The van der Waals surface area contributed by atoms with Crippen LogP contribution in [0.25, 0.3) is 6.08 Å². The lowest BCUT2D eigenvalue weighted by Gasteiger charge is -2.06. The summed E-state index contributed by atoms with van der Waals surface area (Å²) in [5.41, 5.74) is 0.902. The molecule has 142 valence electrons. The number of aromatic nitrogens is 1. The van der Waals surface area contributed by atoms with Crippen LogP contribution in [0.4, 0.5) is 0 Å². The Morgan fingerprint density at radius 1 is 1.11 bits per heavy atom. The summed E-state index contributed by atoms with van der Waals surface area (Å²) in [7, 11) is 0. The molecule has 1 aromatic heterocycles. The van der Waals surface area contributed by atoms with Gasteiger partial charge >= 0.3 is 0 Å². The standard InChI is InChI=1S/C22H26N2O2S/c1-2-3-4-5-6-9-16-26-20-13-11-19(12-14-20)17-21(18-23)27-22-10-7-8-15-24(22)25/h7-8,10-15,17H,2-6,9,16H2,1H3/b21-17-. The summed E-state index contributed by atoms with van der Waals surface area (Å²) in [6.07, 6.45) is 10.7. The Bertz CT molecular complexity index is 767. The summed E-state index contributed by atoms with van der Waals surface area (Å²) in [5.74, 6) is 0.840. The highest BCUT2D eigenvalue weighted by Crippen LogP contribution is 2.25. The van der Waals surface area contributed by atoms with Gasteiger partial charge in [-0.15, -0.1) is 0 Å². The van der Waals surface area contributed by atoms with Crippen molar-refractivity contribution in [3.8, 4) is 11.8 Å². The Hall–Kier alpha value is -2.45. The van der Waals surface area contributed by atoms with E-state index in [-0.39, 0.29) is 0 Å². The summed E-state index contributed by atoms with van der Waals surface area (Å²) in [5, 5.41) is 21.5. The highest BCUT2D eigenvalue weighted by atomic mass is 32.2. The van der Waals surface area contributed by atoms with Gasteiger partial charge in [0.1, 0.15) is 11.8 Å². The molecule has 0 N–H and O–H groups in total. The van der Waals surface area contributed by atoms with Gasteiger partial charge < -0.3 is 9.94 Å². The zero-order valence-electron chi connectivity index (χ0n) is 15.8. The van der Waals surface area contributed by atoms with Crippen LogP contribution in [0.1, 0.15) is 51.0 Å². The Labute approximate surface area is 166 Å². The maximum absolute atomic E-state index is 11.7. The second-order valence-corrected chi connectivity index (χ2v) is 7.33. The molecule has 1 heterocycles. The van der Waals surface area contributed by atoms with Gasteiger partial charge in [-0.3, -0.25) is 0 Å². The van der Waals surface area contributed by atoms with Crippen LogP contribution in [0, 0.1) is 16.5 Å². The van der Waals surface area contributed by atoms with Gasteiger partial charge in [0.05, 0.1) is 11.5 Å². The lowest BCUT2D eigenvalue weighted by molar-refractivity contribution is -0.645. The molecule has 0 saturated carbocycles. The smallest absolute Gasteiger partial charge is 0.256 e. The highest BCUT2D eigenvalue weighted by Gasteiger charge is 2.08. The zero-order valence-corrected chi connectivity index (χ0v) is 16.6. The van der Waals surface area contributed by atoms with Crippen molar-refractivity contribution >= 4 is 17.8 Å². The predicted octanol–water partition coefficient (Wildman–Crippen LogP) is 5.72. The van der Waals surface area contributed by atoms with Crippen LogP contribution in [0.3, 0.4) is 0 Å². The molecule has 0 fully saturated rings. The molecule has 1 aromatic carbocycles. The lowest BCUT2D eigenvalue weighted by atomic mass is 10.1. The van der Waals surface area contributed by atoms with Gasteiger partial charge in [0, 0.05) is 12.1 Å². The second kappa shape index (κ2) is 12.0. The average Bonchev–Trinajstić information content (AvgIpc) is 2.69. The summed E-state index contributed by atoms with van der Waals surface area (Å²) in [6.45, 7) is 2.96. The van der Waals surface area contributed by atoms with Crippen LogP contribution in [-0.4, -0.2) is 6.61 Å². The highest BCUT2D eigenvalue weighted by molar-refractivity contribution is 8.03. The maximum Gasteiger partial charge on any atom is 0.256 e. The first-order chi connectivity index (χ1) is 13.2. The van der Waals surface area contributed by atoms with E-state index in [2.05, 4.69) is 13.0 Å². The minimum absolute atomic E-state index is 0.464. The summed E-state index contributed by atoms with van der Waals surface area (Å²) < 4.78 is 6.53. The van der Waals surface area contributed by atoms with E-state index in [9.17, 15) is 10.5 Å². The molecule has 0 saturated heterocycles. The number of benzene rings is 1. The Morgan fingerprint density at radius 2 is 1.85 bits per heavy atom. The molecule has 0 atom stereocenters. The Morgan fingerprint density at radius 3 is 2.56 bits per heavy atom. The van der Waals surface area contributed by atoms with Gasteiger partial charge in [-0.2, -0.15) is 9.99 Å². The minimum Gasteiger partial charge on any atom is -0.618 e. The number of rotatable bonds is 11. The Balaban J connectivity index is 1.84. The van der Waals surface area contributed by atoms with E-state index in [1.54, 1.807) is 24.3 Å². The van der Waals surface area contributed by atoms with E-state index in [4.69, 9.17) is 4.74 Å². The van der Waals surface area contributed by atoms with Crippen molar-refractivity contribution in [2.45, 2.75) is 50.5 Å². The van der Waals surface area contributed by atoms with E-state index >= 15 is 0 Å². The third kappa shape index (κ3) is 7.76. The van der Waals surface area contributed by atoms with E-state index in [1.165, 1.54) is 38.3 Å². The first-order valence-electron chi connectivity index (χ1n) is 9.43. The number of nitriles is 1. The molecular formula is C22H26N2O2S. The maximum atomic E-state index is 11.7. The molecule has 4 nitrogen and oxygen atoms in total. The molecule has 2 rings (SSSR count). The number of hydrogen-bond acceptors (Lipinski definition) is 4. The molecule has 0 bridgehead atoms. The quantitative estimate of drug-likeness (QED) is 0.164. The van der Waals surface area contributed by atoms with Gasteiger partial charge in [0.25, 0.3) is 5.03 Å². The van der Waals surface area contributed by atoms with Gasteiger partial charge in [0.15, 0.2) is 6.20 Å². The number of nitrogens with zero attached hydrogens (tertiary/aromatic N) is 2. The predicted molar refractivity (Wildman–Crippen MR) is 110 cm³/mol. The topological polar surface area (TPSA) is 60.0 Å². The van der Waals surface area contributed by atoms with Gasteiger partial charge in [-0.1, -0.05) is 51.2 Å². The molecule has 0 unspecified atom stereocenters. The van der Waals surface area contributed by atoms with Crippen molar-refractivity contribution < 1.29 is 9.47 Å². The van der Waals surface area contributed by atoms with Crippen LogP contribution in [0.5, 0.6) is 5.75 Å². The van der Waals surface area contributed by atoms with Crippen molar-refractivity contribution in [3.63, 3.8) is 0 Å². The average molecular weight is 383 g/mol. The molecule has 0 aliphatic carbocycles. The first-order valence-corrected chi connectivity index (χ1v) is 10.3. The van der Waals surface area contributed by atoms with Crippen molar-refractivity contribution in [2.75, 3.05) is 6.61 Å². The largest absolute Gasteiger partial charge is 0.618 e. The third-order valence-corrected chi connectivity index (χ3v) is 5.01. The second-order valence-electron chi connectivity index (χ2n) is 6.27. The van der Waals surface area contributed by atoms with Gasteiger partial charge in [-0.25, -0.2) is 0 Å². The van der Waals surface area contributed by atoms with Crippen LogP contribution >= 0.6 is 11.8 Å². The number of ether oxygens (including phenoxy) is 1. The molecular weight excluding hydrogens is 356 g/mol. The zero-order chi connectivity index (χ0) is 19.3. The van der Waals surface area contributed by atoms with Crippen molar-refractivity contribution in [3.05, 3.63) is 64.3 Å². The number of allylic oxidation sites excluding steroid dienone is 1. The molecule has 0 aliphatic heterocycles. The van der Waals surface area contributed by atoms with Crippen LogP contribution in [0.15, 0.2) is 58.6 Å². The Kier molecular flexibility index (Phi) is 9.29. The number of pyridine rings is 1. The summed E-state index contributed by atoms with van der Waals surface area (Å²) >= 11 is 1.16. The fraction of sp³-hybridized carbons (Fsp3) is 0.364. The summed E-state index contributed by atoms with van der Waals surface area (Å²) in [4.78, 5) is 0.464. The number of unbranched alkanes of at least 4 members (excludes halogenated alkanes) is 5. The SMILES string of the molecule is CCCCCCCCOc1ccc(/C=C(/C#N)Sc2cccc[n+]2[O-])cc1. The molecule has 5 heteroatoms. The molecule has 0 spiro atoms. The number of thioether (sulfide) groups is 1. The molecule has 0 radical (unpaired) electrons.